The van der Waals surface area contributed by atoms with E-state index in [4.69, 9.17) is 0 Å². The summed E-state index contributed by atoms with van der Waals surface area (Å²) in [4.78, 5) is 0. The molecule has 0 bridgehead atoms. The van der Waals surface area contributed by atoms with Gasteiger partial charge in [0.1, 0.15) is 0 Å². The molecule has 0 N–H and O–H groups in total. The number of hydrogen-bond donors (Lipinski definition) is 0. The molecule has 0 amide bonds. The normalized spacial score (nSPS) is 14.2. The highest BCUT2D eigenvalue weighted by Crippen LogP contribution is 2.33. The van der Waals surface area contributed by atoms with Crippen molar-refractivity contribution < 1.29 is 0 Å². The Bertz CT molecular complexity index is 436. The van der Waals surface area contributed by atoms with E-state index in [-0.39, 0.29) is 0 Å². The van der Waals surface area contributed by atoms with Crippen molar-refractivity contribution in [3.63, 3.8) is 0 Å². The summed E-state index contributed by atoms with van der Waals surface area (Å²) >= 11 is 0. The Morgan fingerprint density at radius 3 is 1.76 bits per heavy atom. The molecule has 0 saturated carbocycles. The molecule has 0 heterocycles. The van der Waals surface area contributed by atoms with Crippen LogP contribution < -0.4 is 0 Å². The van der Waals surface area contributed by atoms with Gasteiger partial charge in [-0.15, -0.1) is 9.24 Å². The van der Waals surface area contributed by atoms with Gasteiger partial charge >= 0.3 is 0 Å². The van der Waals surface area contributed by atoms with Crippen molar-refractivity contribution >= 4 is 9.24 Å². The fourth-order valence-corrected chi connectivity index (χ4v) is 3.00. The summed E-state index contributed by atoms with van der Waals surface area (Å²) in [5, 5.41) is 0. The lowest BCUT2D eigenvalue weighted by atomic mass is 9.84. The first kappa shape index (κ1) is 12.3. The fourth-order valence-electron chi connectivity index (χ4n) is 2.32. The maximum absolute atomic E-state index is 2.89. The molecule has 0 aliphatic rings. The van der Waals surface area contributed by atoms with Crippen LogP contribution in [0.15, 0.2) is 60.7 Å². The maximum atomic E-state index is 2.89. The average Bonchev–Trinajstić information content (AvgIpc) is 2.42. The predicted molar refractivity (Wildman–Crippen MR) is 78.6 cm³/mol. The van der Waals surface area contributed by atoms with Gasteiger partial charge in [0, 0.05) is 0 Å². The second-order valence-electron chi connectivity index (χ2n) is 4.45. The second-order valence-corrected chi connectivity index (χ2v) is 4.92. The van der Waals surface area contributed by atoms with Gasteiger partial charge in [0.25, 0.3) is 0 Å². The largest absolute Gasteiger partial charge is 0.137 e. The van der Waals surface area contributed by atoms with Gasteiger partial charge in [0.15, 0.2) is 0 Å². The molecule has 2 aromatic carbocycles. The summed E-state index contributed by atoms with van der Waals surface area (Å²) in [6.07, 6.45) is 1.10. The highest BCUT2D eigenvalue weighted by atomic mass is 31.0. The van der Waals surface area contributed by atoms with Gasteiger partial charge in [-0.05, 0) is 29.1 Å². The third-order valence-electron chi connectivity index (χ3n) is 3.41. The first-order valence-corrected chi connectivity index (χ1v) is 6.94. The first-order chi connectivity index (χ1) is 8.33. The highest BCUT2D eigenvalue weighted by Gasteiger charge is 2.18. The zero-order valence-corrected chi connectivity index (χ0v) is 11.4. The van der Waals surface area contributed by atoms with Crippen LogP contribution in [-0.2, 0) is 0 Å². The molecule has 3 unspecified atom stereocenters. The smallest absolute Gasteiger partial charge is 0.00612 e. The molecule has 0 aromatic heterocycles. The van der Waals surface area contributed by atoms with Crippen molar-refractivity contribution in [2.45, 2.75) is 18.8 Å². The Morgan fingerprint density at radius 1 is 0.824 bits per heavy atom. The topological polar surface area (TPSA) is 0 Å². The SMILES string of the molecule is CC(c1ccccc1)C(CP)c1ccccc1. The minimum absolute atomic E-state index is 0.552. The molecule has 0 aliphatic heterocycles. The lowest BCUT2D eigenvalue weighted by Gasteiger charge is -2.23. The summed E-state index contributed by atoms with van der Waals surface area (Å²) in [6.45, 7) is 2.32. The van der Waals surface area contributed by atoms with E-state index in [1.165, 1.54) is 11.1 Å². The van der Waals surface area contributed by atoms with Crippen LogP contribution in [0.4, 0.5) is 0 Å². The number of rotatable bonds is 4. The van der Waals surface area contributed by atoms with Crippen LogP contribution in [0, 0.1) is 0 Å². The van der Waals surface area contributed by atoms with Crippen LogP contribution in [0.2, 0.25) is 0 Å². The lowest BCUT2D eigenvalue weighted by Crippen LogP contribution is -2.09. The van der Waals surface area contributed by atoms with Crippen molar-refractivity contribution in [1.29, 1.82) is 0 Å². The molecule has 0 nitrogen and oxygen atoms in total. The van der Waals surface area contributed by atoms with E-state index in [0.29, 0.717) is 11.8 Å². The van der Waals surface area contributed by atoms with Crippen LogP contribution in [-0.4, -0.2) is 6.16 Å². The standard InChI is InChI=1S/C16H19P/c1-13(14-8-4-2-5-9-14)16(12-17)15-10-6-3-7-11-15/h2-11,13,16H,12,17H2,1H3. The second kappa shape index (κ2) is 5.98. The summed E-state index contributed by atoms with van der Waals surface area (Å²) in [6, 6.07) is 21.6. The fraction of sp³-hybridized carbons (Fsp3) is 0.250. The van der Waals surface area contributed by atoms with Gasteiger partial charge in [-0.1, -0.05) is 67.6 Å². The van der Waals surface area contributed by atoms with Crippen molar-refractivity contribution in [3.8, 4) is 0 Å². The molecule has 0 fully saturated rings. The Labute approximate surface area is 106 Å². The molecular weight excluding hydrogens is 223 g/mol. The van der Waals surface area contributed by atoms with E-state index in [2.05, 4.69) is 76.8 Å². The van der Waals surface area contributed by atoms with Crippen molar-refractivity contribution in [1.82, 2.24) is 0 Å². The van der Waals surface area contributed by atoms with Gasteiger partial charge in [-0.25, -0.2) is 0 Å². The van der Waals surface area contributed by atoms with Gasteiger partial charge in [-0.2, -0.15) is 0 Å². The van der Waals surface area contributed by atoms with Gasteiger partial charge < -0.3 is 0 Å². The third-order valence-corrected chi connectivity index (χ3v) is 3.92. The van der Waals surface area contributed by atoms with E-state index in [1.54, 1.807) is 0 Å². The zero-order valence-electron chi connectivity index (χ0n) is 10.2. The zero-order chi connectivity index (χ0) is 12.1. The quantitative estimate of drug-likeness (QED) is 0.695. The van der Waals surface area contributed by atoms with E-state index >= 15 is 0 Å². The molecule has 17 heavy (non-hydrogen) atoms. The summed E-state index contributed by atoms with van der Waals surface area (Å²) in [5.41, 5.74) is 2.85. The van der Waals surface area contributed by atoms with E-state index in [0.717, 1.165) is 6.16 Å². The Kier molecular flexibility index (Phi) is 4.34. The lowest BCUT2D eigenvalue weighted by molar-refractivity contribution is 0.632. The molecule has 1 heteroatoms. The van der Waals surface area contributed by atoms with Gasteiger partial charge in [0.2, 0.25) is 0 Å². The van der Waals surface area contributed by atoms with Crippen molar-refractivity contribution in [3.05, 3.63) is 71.8 Å². The molecule has 88 valence electrons. The van der Waals surface area contributed by atoms with Crippen LogP contribution in [0.3, 0.4) is 0 Å². The number of benzene rings is 2. The summed E-state index contributed by atoms with van der Waals surface area (Å²) in [7, 11) is 2.89. The monoisotopic (exact) mass is 242 g/mol. The first-order valence-electron chi connectivity index (χ1n) is 6.13. The highest BCUT2D eigenvalue weighted by molar-refractivity contribution is 7.16. The summed E-state index contributed by atoms with van der Waals surface area (Å²) < 4.78 is 0. The molecule has 3 atom stereocenters. The molecule has 0 saturated heterocycles. The molecular formula is C16H19P. The van der Waals surface area contributed by atoms with Gasteiger partial charge in [-0.3, -0.25) is 0 Å². The Hall–Kier alpha value is -1.13. The van der Waals surface area contributed by atoms with E-state index in [1.807, 2.05) is 0 Å². The van der Waals surface area contributed by atoms with Crippen molar-refractivity contribution in [2.75, 3.05) is 6.16 Å². The van der Waals surface area contributed by atoms with Gasteiger partial charge in [0.05, 0.1) is 0 Å². The number of hydrogen-bond acceptors (Lipinski definition) is 0. The van der Waals surface area contributed by atoms with Crippen LogP contribution in [0.25, 0.3) is 0 Å². The predicted octanol–water partition coefficient (Wildman–Crippen LogP) is 4.45. The molecule has 2 aromatic rings. The van der Waals surface area contributed by atoms with E-state index in [9.17, 15) is 0 Å². The maximum Gasteiger partial charge on any atom is -0.00612 e. The molecule has 2 rings (SSSR count). The third kappa shape index (κ3) is 2.96. The molecule has 0 radical (unpaired) electrons. The van der Waals surface area contributed by atoms with Crippen LogP contribution in [0.5, 0.6) is 0 Å². The van der Waals surface area contributed by atoms with Crippen molar-refractivity contribution in [2.24, 2.45) is 0 Å². The molecule has 0 aliphatic carbocycles. The minimum Gasteiger partial charge on any atom is -0.137 e. The Morgan fingerprint density at radius 2 is 1.29 bits per heavy atom. The average molecular weight is 242 g/mol. The van der Waals surface area contributed by atoms with Crippen LogP contribution in [0.1, 0.15) is 29.9 Å². The minimum atomic E-state index is 0.552. The Balaban J connectivity index is 2.25. The van der Waals surface area contributed by atoms with Crippen LogP contribution >= 0.6 is 9.24 Å². The molecule has 0 spiro atoms. The van der Waals surface area contributed by atoms with E-state index < -0.39 is 0 Å². The summed E-state index contributed by atoms with van der Waals surface area (Å²) in [5.74, 6) is 1.12.